The molecule has 0 saturated heterocycles. The molecule has 1 amide bonds. The van der Waals surface area contributed by atoms with Crippen LogP contribution in [0.3, 0.4) is 0 Å². The second kappa shape index (κ2) is 5.67. The van der Waals surface area contributed by atoms with Crippen LogP contribution in [0, 0.1) is 5.82 Å². The van der Waals surface area contributed by atoms with E-state index in [9.17, 15) is 14.0 Å². The fourth-order valence-corrected chi connectivity index (χ4v) is 1.85. The first-order chi connectivity index (χ1) is 8.25. The average Bonchev–Trinajstić information content (AvgIpc) is 2.30. The first kappa shape index (κ1) is 14.9. The van der Waals surface area contributed by atoms with Crippen LogP contribution in [0.5, 0.6) is 0 Å². The summed E-state index contributed by atoms with van der Waals surface area (Å²) in [5.74, 6) is -2.45. The average molecular weight is 339 g/mol. The number of carboxylic acids is 1. The molecule has 0 bridgehead atoms. The van der Waals surface area contributed by atoms with Gasteiger partial charge < -0.3 is 10.0 Å². The molecule has 0 aromatic heterocycles. The van der Waals surface area contributed by atoms with Crippen molar-refractivity contribution in [1.29, 1.82) is 0 Å². The van der Waals surface area contributed by atoms with Crippen molar-refractivity contribution in [2.45, 2.75) is 13.0 Å². The van der Waals surface area contributed by atoms with Crippen LogP contribution in [-0.4, -0.2) is 35.0 Å². The lowest BCUT2D eigenvalue weighted by atomic mass is 10.1. The van der Waals surface area contributed by atoms with Gasteiger partial charge in [-0.15, -0.1) is 0 Å². The molecule has 0 spiro atoms. The Morgan fingerprint density at radius 2 is 2.06 bits per heavy atom. The molecule has 0 aliphatic heterocycles. The van der Waals surface area contributed by atoms with Gasteiger partial charge in [-0.25, -0.2) is 9.18 Å². The third kappa shape index (κ3) is 3.00. The van der Waals surface area contributed by atoms with Gasteiger partial charge in [0.1, 0.15) is 11.9 Å². The zero-order valence-electron chi connectivity index (χ0n) is 9.58. The molecular weight excluding hydrogens is 328 g/mol. The Morgan fingerprint density at radius 1 is 1.50 bits per heavy atom. The topological polar surface area (TPSA) is 57.6 Å². The Balaban J connectivity index is 3.15. The zero-order valence-corrected chi connectivity index (χ0v) is 11.9. The molecule has 98 valence electrons. The Hall–Kier alpha value is -1.14. The Labute approximate surface area is 116 Å². The number of hydrogen-bond acceptors (Lipinski definition) is 2. The van der Waals surface area contributed by atoms with Gasteiger partial charge in [0.05, 0.1) is 10.0 Å². The number of nitrogens with zero attached hydrogens (tertiary/aromatic N) is 1. The van der Waals surface area contributed by atoms with Gasteiger partial charge in [0.15, 0.2) is 0 Å². The Bertz CT molecular complexity index is 509. The lowest BCUT2D eigenvalue weighted by Crippen LogP contribution is -2.40. The normalized spacial score (nSPS) is 12.1. The van der Waals surface area contributed by atoms with Crippen molar-refractivity contribution in [3.63, 3.8) is 0 Å². The number of carbonyl (C=O) groups is 2. The van der Waals surface area contributed by atoms with Gasteiger partial charge in [-0.3, -0.25) is 4.79 Å². The van der Waals surface area contributed by atoms with Crippen LogP contribution in [0.2, 0.25) is 5.02 Å². The molecule has 0 heterocycles. The van der Waals surface area contributed by atoms with Crippen LogP contribution in [0.4, 0.5) is 4.39 Å². The van der Waals surface area contributed by atoms with Crippen molar-refractivity contribution in [2.75, 3.05) is 7.05 Å². The molecule has 0 aliphatic carbocycles. The number of benzene rings is 1. The van der Waals surface area contributed by atoms with Crippen molar-refractivity contribution in [2.24, 2.45) is 0 Å². The summed E-state index contributed by atoms with van der Waals surface area (Å²) in [6.07, 6.45) is 0. The fraction of sp³-hybridized carbons (Fsp3) is 0.273. The standard InChI is InChI=1S/C11H10BrClFNO3/c1-5(11(17)18)15(2)10(16)7-3-6(13)4-8(14)9(7)12/h3-5H,1-2H3,(H,17,18). The molecule has 0 saturated carbocycles. The Kier molecular flexibility index (Phi) is 4.70. The van der Waals surface area contributed by atoms with Crippen molar-refractivity contribution < 1.29 is 19.1 Å². The molecule has 0 fully saturated rings. The molecule has 18 heavy (non-hydrogen) atoms. The van der Waals surface area contributed by atoms with Gasteiger partial charge >= 0.3 is 5.97 Å². The summed E-state index contributed by atoms with van der Waals surface area (Å²) in [6.45, 7) is 1.36. The molecular formula is C11H10BrClFNO3. The van der Waals surface area contributed by atoms with E-state index in [0.717, 1.165) is 11.0 Å². The van der Waals surface area contributed by atoms with Crippen molar-refractivity contribution in [3.8, 4) is 0 Å². The maximum Gasteiger partial charge on any atom is 0.326 e. The second-order valence-electron chi connectivity index (χ2n) is 3.68. The molecule has 1 aromatic rings. The number of rotatable bonds is 3. The van der Waals surface area contributed by atoms with Crippen molar-refractivity contribution >= 4 is 39.4 Å². The van der Waals surface area contributed by atoms with E-state index < -0.39 is 23.7 Å². The van der Waals surface area contributed by atoms with E-state index in [1.807, 2.05) is 0 Å². The minimum atomic E-state index is -1.15. The molecule has 4 nitrogen and oxygen atoms in total. The third-order valence-corrected chi connectivity index (χ3v) is 3.51. The third-order valence-electron chi connectivity index (χ3n) is 2.48. The predicted octanol–water partition coefficient (Wildman–Crippen LogP) is 2.79. The van der Waals surface area contributed by atoms with Gasteiger partial charge in [-0.05, 0) is 35.0 Å². The first-order valence-electron chi connectivity index (χ1n) is 4.90. The van der Waals surface area contributed by atoms with Crippen LogP contribution in [0.15, 0.2) is 16.6 Å². The van der Waals surface area contributed by atoms with Gasteiger partial charge in [0.25, 0.3) is 5.91 Å². The number of amides is 1. The van der Waals surface area contributed by atoms with E-state index in [-0.39, 0.29) is 15.1 Å². The predicted molar refractivity (Wildman–Crippen MR) is 68.3 cm³/mol. The van der Waals surface area contributed by atoms with Gasteiger partial charge in [-0.1, -0.05) is 11.6 Å². The van der Waals surface area contributed by atoms with E-state index >= 15 is 0 Å². The molecule has 1 N–H and O–H groups in total. The number of carboxylic acid groups (broad SMARTS) is 1. The highest BCUT2D eigenvalue weighted by Gasteiger charge is 2.25. The van der Waals surface area contributed by atoms with Crippen LogP contribution in [0.25, 0.3) is 0 Å². The van der Waals surface area contributed by atoms with Gasteiger partial charge in [-0.2, -0.15) is 0 Å². The summed E-state index contributed by atoms with van der Waals surface area (Å²) in [7, 11) is 1.33. The molecule has 1 aromatic carbocycles. The molecule has 1 rings (SSSR count). The van der Waals surface area contributed by atoms with Crippen LogP contribution < -0.4 is 0 Å². The number of halogens is 3. The van der Waals surface area contributed by atoms with Crippen molar-refractivity contribution in [3.05, 3.63) is 33.0 Å². The highest BCUT2D eigenvalue weighted by atomic mass is 79.9. The summed E-state index contributed by atoms with van der Waals surface area (Å²) < 4.78 is 13.4. The van der Waals surface area contributed by atoms with E-state index in [4.69, 9.17) is 16.7 Å². The zero-order chi connectivity index (χ0) is 14.0. The molecule has 7 heteroatoms. The van der Waals surface area contributed by atoms with E-state index in [0.29, 0.717) is 0 Å². The van der Waals surface area contributed by atoms with Crippen LogP contribution in [0.1, 0.15) is 17.3 Å². The Morgan fingerprint density at radius 3 is 2.56 bits per heavy atom. The van der Waals surface area contributed by atoms with E-state index in [1.54, 1.807) is 0 Å². The van der Waals surface area contributed by atoms with E-state index in [2.05, 4.69) is 15.9 Å². The summed E-state index contributed by atoms with van der Waals surface area (Å²) >= 11 is 8.61. The van der Waals surface area contributed by atoms with E-state index in [1.165, 1.54) is 20.0 Å². The molecule has 1 unspecified atom stereocenters. The quantitative estimate of drug-likeness (QED) is 0.862. The number of carbonyl (C=O) groups excluding carboxylic acids is 1. The number of likely N-dealkylation sites (N-methyl/N-ethyl adjacent to an activating group) is 1. The monoisotopic (exact) mass is 337 g/mol. The summed E-state index contributed by atoms with van der Waals surface area (Å²) in [5.41, 5.74) is -0.0180. The minimum absolute atomic E-state index is 0.0180. The fourth-order valence-electron chi connectivity index (χ4n) is 1.24. The number of hydrogen-bond donors (Lipinski definition) is 1. The highest BCUT2D eigenvalue weighted by molar-refractivity contribution is 9.10. The van der Waals surface area contributed by atoms with Gasteiger partial charge in [0.2, 0.25) is 0 Å². The molecule has 0 radical (unpaired) electrons. The first-order valence-corrected chi connectivity index (χ1v) is 6.07. The largest absolute Gasteiger partial charge is 0.480 e. The lowest BCUT2D eigenvalue weighted by molar-refractivity contribution is -0.141. The maximum atomic E-state index is 13.4. The van der Waals surface area contributed by atoms with Gasteiger partial charge in [0, 0.05) is 12.1 Å². The SMILES string of the molecule is CC(C(=O)O)N(C)C(=O)c1cc(Cl)cc(F)c1Br. The summed E-state index contributed by atoms with van der Waals surface area (Å²) in [6, 6.07) is 1.32. The summed E-state index contributed by atoms with van der Waals surface area (Å²) in [5, 5.41) is 8.89. The van der Waals surface area contributed by atoms with Crippen LogP contribution in [-0.2, 0) is 4.79 Å². The number of aliphatic carboxylic acids is 1. The lowest BCUT2D eigenvalue weighted by Gasteiger charge is -2.22. The molecule has 1 atom stereocenters. The minimum Gasteiger partial charge on any atom is -0.480 e. The maximum absolute atomic E-state index is 13.4. The molecule has 0 aliphatic rings. The van der Waals surface area contributed by atoms with Crippen LogP contribution >= 0.6 is 27.5 Å². The summed E-state index contributed by atoms with van der Waals surface area (Å²) in [4.78, 5) is 23.8. The smallest absolute Gasteiger partial charge is 0.326 e. The second-order valence-corrected chi connectivity index (χ2v) is 4.91. The van der Waals surface area contributed by atoms with Crippen molar-refractivity contribution in [1.82, 2.24) is 4.90 Å². The highest BCUT2D eigenvalue weighted by Crippen LogP contribution is 2.26.